The first kappa shape index (κ1) is 18.3. The van der Waals surface area contributed by atoms with Gasteiger partial charge in [-0.05, 0) is 68.5 Å². The molecule has 0 saturated heterocycles. The van der Waals surface area contributed by atoms with Gasteiger partial charge in [-0.3, -0.25) is 0 Å². The Balaban J connectivity index is 0.000000872. The molecular weight excluding hydrogens is 368 g/mol. The van der Waals surface area contributed by atoms with E-state index in [1.807, 2.05) is 25.2 Å². The van der Waals surface area contributed by atoms with E-state index in [1.54, 1.807) is 11.3 Å². The molecule has 5 rings (SSSR count). The summed E-state index contributed by atoms with van der Waals surface area (Å²) in [6.45, 7) is 6.16. The van der Waals surface area contributed by atoms with Crippen LogP contribution in [0.2, 0.25) is 0 Å². The monoisotopic (exact) mass is 392 g/mol. The minimum Gasteiger partial charge on any atom is -0.240 e. The molecule has 3 aromatic rings. The maximum absolute atomic E-state index is 4.90. The lowest BCUT2D eigenvalue weighted by Gasteiger charge is -2.03. The van der Waals surface area contributed by atoms with Crippen LogP contribution in [0.15, 0.2) is 30.4 Å². The van der Waals surface area contributed by atoms with Crippen LogP contribution < -0.4 is 0 Å². The molecule has 0 fully saturated rings. The van der Waals surface area contributed by atoms with E-state index in [0.717, 1.165) is 41.4 Å². The minimum atomic E-state index is 1.06. The third kappa shape index (κ3) is 3.69. The summed E-state index contributed by atoms with van der Waals surface area (Å²) in [5.74, 6) is 0. The second-order valence-electron chi connectivity index (χ2n) is 6.63. The SMILES string of the molecule is CC.Cc1cc(-c2nc3c(s2)C=CCC3)cc(-c2nc3c(s2)CCC=C3)c1. The molecule has 2 aliphatic carbocycles. The lowest BCUT2D eigenvalue weighted by atomic mass is 10.1. The molecule has 0 bridgehead atoms. The zero-order valence-corrected chi connectivity index (χ0v) is 17.7. The number of aryl methyl sites for hydroxylation is 3. The molecule has 0 amide bonds. The number of rotatable bonds is 2. The number of aromatic nitrogens is 2. The van der Waals surface area contributed by atoms with Gasteiger partial charge in [0.2, 0.25) is 0 Å². The maximum atomic E-state index is 4.90. The summed E-state index contributed by atoms with van der Waals surface area (Å²) in [6, 6.07) is 6.74. The molecule has 2 aromatic heterocycles. The van der Waals surface area contributed by atoms with Crippen LogP contribution in [0.3, 0.4) is 0 Å². The molecule has 2 aliphatic rings. The van der Waals surface area contributed by atoms with E-state index in [-0.39, 0.29) is 0 Å². The van der Waals surface area contributed by atoms with Gasteiger partial charge in [0.25, 0.3) is 0 Å². The van der Waals surface area contributed by atoms with Crippen molar-refractivity contribution in [3.63, 3.8) is 0 Å². The molecule has 4 heteroatoms. The predicted molar refractivity (Wildman–Crippen MR) is 119 cm³/mol. The zero-order valence-electron chi connectivity index (χ0n) is 16.1. The lowest BCUT2D eigenvalue weighted by molar-refractivity contribution is 0.947. The van der Waals surface area contributed by atoms with Crippen LogP contribution in [-0.4, -0.2) is 9.97 Å². The minimum absolute atomic E-state index is 1.06. The largest absolute Gasteiger partial charge is 0.240 e. The summed E-state index contributed by atoms with van der Waals surface area (Å²) in [4.78, 5) is 12.5. The van der Waals surface area contributed by atoms with Crippen LogP contribution in [0, 0.1) is 6.92 Å². The summed E-state index contributed by atoms with van der Waals surface area (Å²) in [5.41, 5.74) is 6.10. The van der Waals surface area contributed by atoms with Crippen LogP contribution >= 0.6 is 22.7 Å². The van der Waals surface area contributed by atoms with E-state index in [9.17, 15) is 0 Å². The highest BCUT2D eigenvalue weighted by molar-refractivity contribution is 7.16. The third-order valence-electron chi connectivity index (χ3n) is 4.66. The molecule has 138 valence electrons. The van der Waals surface area contributed by atoms with Gasteiger partial charge in [-0.15, -0.1) is 22.7 Å². The number of thiazole rings is 2. The van der Waals surface area contributed by atoms with E-state index < -0.39 is 0 Å². The molecule has 2 nitrogen and oxygen atoms in total. The molecule has 0 N–H and O–H groups in total. The van der Waals surface area contributed by atoms with E-state index in [0.29, 0.717) is 0 Å². The molecule has 0 spiro atoms. The maximum Gasteiger partial charge on any atom is 0.124 e. The van der Waals surface area contributed by atoms with Gasteiger partial charge in [0.1, 0.15) is 10.0 Å². The van der Waals surface area contributed by atoms with Crippen LogP contribution in [0.1, 0.15) is 53.4 Å². The number of fused-ring (bicyclic) bond motifs is 2. The predicted octanol–water partition coefficient (Wildman–Crippen LogP) is 7.19. The van der Waals surface area contributed by atoms with Gasteiger partial charge in [-0.1, -0.05) is 26.0 Å². The van der Waals surface area contributed by atoms with Crippen molar-refractivity contribution < 1.29 is 0 Å². The Labute approximate surface area is 169 Å². The van der Waals surface area contributed by atoms with Crippen LogP contribution in [0.4, 0.5) is 0 Å². The van der Waals surface area contributed by atoms with Crippen LogP contribution in [0.25, 0.3) is 33.3 Å². The fourth-order valence-electron chi connectivity index (χ4n) is 3.44. The van der Waals surface area contributed by atoms with Gasteiger partial charge >= 0.3 is 0 Å². The first-order chi connectivity index (χ1) is 13.3. The van der Waals surface area contributed by atoms with Gasteiger partial charge < -0.3 is 0 Å². The molecule has 27 heavy (non-hydrogen) atoms. The molecule has 0 radical (unpaired) electrons. The van der Waals surface area contributed by atoms with Gasteiger partial charge in [-0.2, -0.15) is 0 Å². The van der Waals surface area contributed by atoms with Gasteiger partial charge in [0.15, 0.2) is 0 Å². The Bertz CT molecular complexity index is 943. The van der Waals surface area contributed by atoms with E-state index in [1.165, 1.54) is 32.1 Å². The number of benzene rings is 1. The lowest BCUT2D eigenvalue weighted by Crippen LogP contribution is -1.90. The van der Waals surface area contributed by atoms with Crippen molar-refractivity contribution in [3.05, 3.63) is 57.1 Å². The summed E-state index contributed by atoms with van der Waals surface area (Å²) >= 11 is 3.64. The van der Waals surface area contributed by atoms with E-state index in [2.05, 4.69) is 49.4 Å². The Kier molecular flexibility index (Phi) is 5.37. The molecule has 0 atom stereocenters. The summed E-state index contributed by atoms with van der Waals surface area (Å²) in [6.07, 6.45) is 13.3. The van der Waals surface area contributed by atoms with Gasteiger partial charge in [-0.25, -0.2) is 9.97 Å². The van der Waals surface area contributed by atoms with Crippen molar-refractivity contribution in [1.29, 1.82) is 0 Å². The number of hydrogen-bond acceptors (Lipinski definition) is 4. The highest BCUT2D eigenvalue weighted by Crippen LogP contribution is 2.37. The number of hydrogen-bond donors (Lipinski definition) is 0. The van der Waals surface area contributed by atoms with Gasteiger partial charge in [0, 0.05) is 16.0 Å². The number of nitrogens with zero attached hydrogens (tertiary/aromatic N) is 2. The normalized spacial score (nSPS) is 14.3. The van der Waals surface area contributed by atoms with Crippen molar-refractivity contribution in [1.82, 2.24) is 9.97 Å². The Morgan fingerprint density at radius 3 is 2.26 bits per heavy atom. The van der Waals surface area contributed by atoms with Crippen molar-refractivity contribution in [2.45, 2.75) is 46.5 Å². The molecule has 2 heterocycles. The Hall–Kier alpha value is -2.04. The van der Waals surface area contributed by atoms with Gasteiger partial charge in [0.05, 0.1) is 16.3 Å². The van der Waals surface area contributed by atoms with Crippen molar-refractivity contribution in [2.24, 2.45) is 0 Å². The zero-order chi connectivity index (χ0) is 18.8. The molecule has 0 unspecified atom stereocenters. The fourth-order valence-corrected chi connectivity index (χ4v) is 5.52. The first-order valence-corrected chi connectivity index (χ1v) is 11.3. The first-order valence-electron chi connectivity index (χ1n) is 9.71. The molecule has 0 saturated carbocycles. The van der Waals surface area contributed by atoms with E-state index >= 15 is 0 Å². The highest BCUT2D eigenvalue weighted by atomic mass is 32.1. The van der Waals surface area contributed by atoms with Crippen molar-refractivity contribution in [2.75, 3.05) is 0 Å². The fraction of sp³-hybridized carbons (Fsp3) is 0.304. The van der Waals surface area contributed by atoms with Crippen LogP contribution in [0.5, 0.6) is 0 Å². The van der Waals surface area contributed by atoms with Crippen molar-refractivity contribution >= 4 is 34.8 Å². The topological polar surface area (TPSA) is 25.8 Å². The average molecular weight is 393 g/mol. The Morgan fingerprint density at radius 1 is 0.815 bits per heavy atom. The second-order valence-corrected chi connectivity index (χ2v) is 8.74. The smallest absolute Gasteiger partial charge is 0.124 e. The molecule has 1 aromatic carbocycles. The molecular formula is C23H24N2S2. The van der Waals surface area contributed by atoms with Crippen molar-refractivity contribution in [3.8, 4) is 21.1 Å². The average Bonchev–Trinajstić information content (AvgIpc) is 3.33. The number of allylic oxidation sites excluding steroid dienone is 2. The summed E-state index contributed by atoms with van der Waals surface area (Å²) < 4.78 is 0. The summed E-state index contributed by atoms with van der Waals surface area (Å²) in [7, 11) is 0. The van der Waals surface area contributed by atoms with E-state index in [4.69, 9.17) is 9.97 Å². The quantitative estimate of drug-likeness (QED) is 0.461. The standard InChI is InChI=1S/C21H18N2S2.C2H6/c1-13-10-14(20-22-16-6-2-4-8-18(16)24-20)12-15(11-13)21-23-17-7-3-5-9-19(17)25-21;1-2/h2,5-6,9-12H,3-4,7-8H2,1H3;1-2H3. The highest BCUT2D eigenvalue weighted by Gasteiger charge is 2.16. The molecule has 0 aliphatic heterocycles. The summed E-state index contributed by atoms with van der Waals surface area (Å²) in [5, 5.41) is 2.26. The van der Waals surface area contributed by atoms with Crippen LogP contribution in [-0.2, 0) is 12.8 Å². The Morgan fingerprint density at radius 2 is 1.52 bits per heavy atom. The third-order valence-corrected chi connectivity index (χ3v) is 6.95. The second kappa shape index (κ2) is 7.91.